The predicted octanol–water partition coefficient (Wildman–Crippen LogP) is 1.92. The second-order valence-electron chi connectivity index (χ2n) is 8.01. The van der Waals surface area contributed by atoms with Gasteiger partial charge in [-0.2, -0.15) is 0 Å². The van der Waals surface area contributed by atoms with Crippen LogP contribution in [0.4, 0.5) is 0 Å². The van der Waals surface area contributed by atoms with Crippen LogP contribution in [0.5, 0.6) is 0 Å². The van der Waals surface area contributed by atoms with E-state index < -0.39 is 0 Å². The maximum atomic E-state index is 13.7. The van der Waals surface area contributed by atoms with Crippen molar-refractivity contribution in [3.8, 4) is 0 Å². The first kappa shape index (κ1) is 20.4. The Kier molecular flexibility index (Phi) is 5.68. The normalized spacial score (nSPS) is 16.2. The summed E-state index contributed by atoms with van der Waals surface area (Å²) in [5.41, 5.74) is 1.91. The Balaban J connectivity index is 1.38. The zero-order chi connectivity index (χ0) is 21.9. The average molecular weight is 431 g/mol. The molecule has 0 radical (unpaired) electrons. The number of amides is 2. The summed E-state index contributed by atoms with van der Waals surface area (Å²) in [6.45, 7) is 3.52. The lowest BCUT2D eigenvalue weighted by Crippen LogP contribution is -2.44. The lowest BCUT2D eigenvalue weighted by molar-refractivity contribution is -0.133. The van der Waals surface area contributed by atoms with Crippen LogP contribution in [0.3, 0.4) is 0 Å². The van der Waals surface area contributed by atoms with Gasteiger partial charge in [0.1, 0.15) is 0 Å². The molecule has 2 aliphatic rings. The van der Waals surface area contributed by atoms with E-state index >= 15 is 0 Å². The lowest BCUT2D eigenvalue weighted by atomic mass is 9.90. The summed E-state index contributed by atoms with van der Waals surface area (Å²) in [6, 6.07) is 19.7. The van der Waals surface area contributed by atoms with Gasteiger partial charge >= 0.3 is 0 Å². The summed E-state index contributed by atoms with van der Waals surface area (Å²) in [4.78, 5) is 30.1. The van der Waals surface area contributed by atoms with Crippen LogP contribution in [-0.2, 0) is 22.6 Å². The number of rotatable bonds is 4. The molecule has 0 unspecified atom stereocenters. The van der Waals surface area contributed by atoms with Gasteiger partial charge in [-0.1, -0.05) is 60.7 Å². The van der Waals surface area contributed by atoms with Crippen LogP contribution in [0, 0.1) is 0 Å². The van der Waals surface area contributed by atoms with E-state index in [1.165, 1.54) is 0 Å². The van der Waals surface area contributed by atoms with Crippen LogP contribution in [0.15, 0.2) is 60.7 Å². The zero-order valence-corrected chi connectivity index (χ0v) is 17.8. The number of carbonyl (C=O) groups is 2. The summed E-state index contributed by atoms with van der Waals surface area (Å²) in [5, 5.41) is 8.42. The molecule has 32 heavy (non-hydrogen) atoms. The summed E-state index contributed by atoms with van der Waals surface area (Å²) in [7, 11) is 0. The van der Waals surface area contributed by atoms with E-state index in [4.69, 9.17) is 4.74 Å². The number of hydrogen-bond donors (Lipinski definition) is 0. The fourth-order valence-corrected chi connectivity index (χ4v) is 4.36. The molecule has 0 aliphatic carbocycles. The third-order valence-electron chi connectivity index (χ3n) is 6.07. The molecule has 8 heteroatoms. The summed E-state index contributed by atoms with van der Waals surface area (Å²) < 4.78 is 7.18. The number of aromatic nitrogens is 3. The minimum Gasteiger partial charge on any atom is -0.378 e. The summed E-state index contributed by atoms with van der Waals surface area (Å²) >= 11 is 0. The van der Waals surface area contributed by atoms with Crippen molar-refractivity contribution < 1.29 is 14.3 Å². The molecule has 1 saturated heterocycles. The number of morpholine rings is 1. The molecule has 1 fully saturated rings. The molecular weight excluding hydrogens is 406 g/mol. The minimum absolute atomic E-state index is 0.0257. The quantitative estimate of drug-likeness (QED) is 0.631. The highest BCUT2D eigenvalue weighted by molar-refractivity contribution is 5.91. The predicted molar refractivity (Wildman–Crippen MR) is 117 cm³/mol. The first-order valence-corrected chi connectivity index (χ1v) is 10.9. The summed E-state index contributed by atoms with van der Waals surface area (Å²) in [5.74, 6) is 0.495. The van der Waals surface area contributed by atoms with Gasteiger partial charge in [-0.15, -0.1) is 10.2 Å². The van der Waals surface area contributed by atoms with Crippen molar-refractivity contribution in [2.24, 2.45) is 0 Å². The van der Waals surface area contributed by atoms with Gasteiger partial charge in [0.05, 0.1) is 25.7 Å². The van der Waals surface area contributed by atoms with E-state index in [1.54, 1.807) is 4.90 Å². The molecule has 2 aromatic carbocycles. The minimum atomic E-state index is -0.388. The first-order chi connectivity index (χ1) is 15.7. The van der Waals surface area contributed by atoms with Crippen molar-refractivity contribution in [1.29, 1.82) is 0 Å². The van der Waals surface area contributed by atoms with E-state index in [9.17, 15) is 9.59 Å². The molecule has 2 amide bonds. The molecule has 5 rings (SSSR count). The van der Waals surface area contributed by atoms with Crippen molar-refractivity contribution in [2.45, 2.75) is 19.0 Å². The molecule has 0 saturated carbocycles. The van der Waals surface area contributed by atoms with Gasteiger partial charge in [-0.05, 0) is 11.1 Å². The Morgan fingerprint density at radius 1 is 0.781 bits per heavy atom. The van der Waals surface area contributed by atoms with E-state index in [0.29, 0.717) is 57.6 Å². The van der Waals surface area contributed by atoms with Crippen molar-refractivity contribution in [3.05, 3.63) is 83.4 Å². The Morgan fingerprint density at radius 2 is 1.41 bits per heavy atom. The van der Waals surface area contributed by atoms with Crippen LogP contribution in [0.2, 0.25) is 0 Å². The van der Waals surface area contributed by atoms with Gasteiger partial charge in [0.15, 0.2) is 5.82 Å². The van der Waals surface area contributed by atoms with Crippen LogP contribution in [0.1, 0.15) is 33.5 Å². The zero-order valence-electron chi connectivity index (χ0n) is 17.8. The Bertz CT molecular complexity index is 1050. The smallest absolute Gasteiger partial charge is 0.291 e. The van der Waals surface area contributed by atoms with Gasteiger partial charge < -0.3 is 19.1 Å². The second kappa shape index (κ2) is 8.92. The summed E-state index contributed by atoms with van der Waals surface area (Å²) in [6.07, 6.45) is 0. The molecule has 3 heterocycles. The van der Waals surface area contributed by atoms with Crippen molar-refractivity contribution in [2.75, 3.05) is 32.8 Å². The highest BCUT2D eigenvalue weighted by Crippen LogP contribution is 2.28. The SMILES string of the molecule is O=C(c1nnc2n1CCN(C(=O)C(c1ccccc1)c1ccccc1)C2)N1CCOCC1. The van der Waals surface area contributed by atoms with Gasteiger partial charge in [0.2, 0.25) is 11.7 Å². The standard InChI is InChI=1S/C24H25N5O3/c30-23(21(18-7-3-1-4-8-18)19-9-5-2-6-10-19)28-11-12-29-20(17-28)25-26-22(29)24(31)27-13-15-32-16-14-27/h1-10,21H,11-17H2. The molecule has 8 nitrogen and oxygen atoms in total. The van der Waals surface area contributed by atoms with Crippen molar-refractivity contribution in [1.82, 2.24) is 24.6 Å². The Labute approximate surface area is 186 Å². The van der Waals surface area contributed by atoms with E-state index in [1.807, 2.05) is 70.1 Å². The van der Waals surface area contributed by atoms with Gasteiger partial charge in [-0.3, -0.25) is 9.59 Å². The maximum absolute atomic E-state index is 13.7. The van der Waals surface area contributed by atoms with E-state index in [-0.39, 0.29) is 17.7 Å². The van der Waals surface area contributed by atoms with E-state index in [0.717, 1.165) is 11.1 Å². The molecule has 2 aliphatic heterocycles. The highest BCUT2D eigenvalue weighted by atomic mass is 16.5. The largest absolute Gasteiger partial charge is 0.378 e. The fourth-order valence-electron chi connectivity index (χ4n) is 4.36. The lowest BCUT2D eigenvalue weighted by Gasteiger charge is -2.32. The molecule has 0 N–H and O–H groups in total. The number of fused-ring (bicyclic) bond motifs is 1. The second-order valence-corrected chi connectivity index (χ2v) is 8.01. The molecule has 0 atom stereocenters. The van der Waals surface area contributed by atoms with Crippen LogP contribution in [-0.4, -0.2) is 69.2 Å². The van der Waals surface area contributed by atoms with Gasteiger partial charge in [0, 0.05) is 26.2 Å². The monoisotopic (exact) mass is 431 g/mol. The number of ether oxygens (including phenoxy) is 1. The van der Waals surface area contributed by atoms with Gasteiger partial charge in [-0.25, -0.2) is 0 Å². The highest BCUT2D eigenvalue weighted by Gasteiger charge is 2.33. The Morgan fingerprint density at radius 3 is 2.03 bits per heavy atom. The van der Waals surface area contributed by atoms with Crippen LogP contribution in [0.25, 0.3) is 0 Å². The van der Waals surface area contributed by atoms with Crippen molar-refractivity contribution in [3.63, 3.8) is 0 Å². The Hall–Kier alpha value is -3.52. The third kappa shape index (κ3) is 3.89. The average Bonchev–Trinajstić information content (AvgIpc) is 3.29. The van der Waals surface area contributed by atoms with E-state index in [2.05, 4.69) is 10.2 Å². The first-order valence-electron chi connectivity index (χ1n) is 10.9. The number of benzene rings is 2. The number of hydrogen-bond acceptors (Lipinski definition) is 5. The fraction of sp³-hybridized carbons (Fsp3) is 0.333. The molecule has 0 bridgehead atoms. The third-order valence-corrected chi connectivity index (χ3v) is 6.07. The van der Waals surface area contributed by atoms with Gasteiger partial charge in [0.25, 0.3) is 5.91 Å². The molecule has 164 valence electrons. The maximum Gasteiger partial charge on any atom is 0.291 e. The van der Waals surface area contributed by atoms with Crippen LogP contribution < -0.4 is 0 Å². The molecule has 0 spiro atoms. The molecule has 3 aromatic rings. The number of nitrogens with zero attached hydrogens (tertiary/aromatic N) is 5. The topological polar surface area (TPSA) is 80.6 Å². The van der Waals surface area contributed by atoms with Crippen molar-refractivity contribution >= 4 is 11.8 Å². The molecular formula is C24H25N5O3. The number of carbonyl (C=O) groups excluding carboxylic acids is 2. The van der Waals surface area contributed by atoms with Crippen LogP contribution >= 0.6 is 0 Å². The molecule has 1 aromatic heterocycles.